The molecule has 5 nitrogen and oxygen atoms in total. The van der Waals surface area contributed by atoms with Crippen LogP contribution in [0.3, 0.4) is 0 Å². The van der Waals surface area contributed by atoms with E-state index in [1.165, 1.54) is 0 Å². The van der Waals surface area contributed by atoms with Gasteiger partial charge in [0, 0.05) is 37.6 Å². The molecule has 1 fully saturated rings. The van der Waals surface area contributed by atoms with E-state index in [4.69, 9.17) is 0 Å². The third-order valence-corrected chi connectivity index (χ3v) is 6.54. The van der Waals surface area contributed by atoms with Crippen LogP contribution in [0.1, 0.15) is 24.3 Å². The van der Waals surface area contributed by atoms with Crippen LogP contribution >= 0.6 is 11.3 Å². The van der Waals surface area contributed by atoms with Crippen LogP contribution in [0.15, 0.2) is 17.5 Å². The van der Waals surface area contributed by atoms with Gasteiger partial charge in [0.25, 0.3) is 0 Å². The van der Waals surface area contributed by atoms with Crippen molar-refractivity contribution >= 4 is 21.4 Å². The predicted octanol–water partition coefficient (Wildman–Crippen LogP) is 1.14. The molecule has 1 saturated heterocycles. The Kier molecular flexibility index (Phi) is 5.57. The summed E-state index contributed by atoms with van der Waals surface area (Å²) >= 11 is 1.55. The van der Waals surface area contributed by atoms with Crippen LogP contribution in [0, 0.1) is 0 Å². The molecule has 0 bridgehead atoms. The SMILES string of the molecule is CCCS(=O)(=O)N1CCN(C[C@@H](O)c2cccs2)CC1. The molecular weight excluding hydrogens is 296 g/mol. The molecule has 0 amide bonds. The maximum atomic E-state index is 12.0. The summed E-state index contributed by atoms with van der Waals surface area (Å²) in [7, 11) is -3.08. The topological polar surface area (TPSA) is 60.9 Å². The van der Waals surface area contributed by atoms with Gasteiger partial charge in [-0.25, -0.2) is 8.42 Å². The average molecular weight is 318 g/mol. The first-order valence-electron chi connectivity index (χ1n) is 6.94. The zero-order valence-corrected chi connectivity index (χ0v) is 13.4. The van der Waals surface area contributed by atoms with Crippen molar-refractivity contribution < 1.29 is 13.5 Å². The van der Waals surface area contributed by atoms with E-state index in [-0.39, 0.29) is 5.75 Å². The minimum absolute atomic E-state index is 0.227. The van der Waals surface area contributed by atoms with Gasteiger partial charge in [0.15, 0.2) is 0 Å². The smallest absolute Gasteiger partial charge is 0.214 e. The molecular formula is C13H22N2O3S2. The number of hydrogen-bond acceptors (Lipinski definition) is 5. The molecule has 1 N–H and O–H groups in total. The monoisotopic (exact) mass is 318 g/mol. The highest BCUT2D eigenvalue weighted by Crippen LogP contribution is 2.20. The normalized spacial score (nSPS) is 20.1. The van der Waals surface area contributed by atoms with Gasteiger partial charge in [0.05, 0.1) is 5.75 Å². The lowest BCUT2D eigenvalue weighted by Crippen LogP contribution is -2.50. The first-order valence-corrected chi connectivity index (χ1v) is 9.43. The first-order chi connectivity index (χ1) is 9.53. The number of thiophene rings is 1. The van der Waals surface area contributed by atoms with E-state index in [0.29, 0.717) is 39.1 Å². The van der Waals surface area contributed by atoms with Crippen molar-refractivity contribution in [3.8, 4) is 0 Å². The highest BCUT2D eigenvalue weighted by Gasteiger charge is 2.27. The fourth-order valence-corrected chi connectivity index (χ4v) is 4.59. The second kappa shape index (κ2) is 7.00. The molecule has 1 aliphatic rings. The van der Waals surface area contributed by atoms with E-state index in [1.807, 2.05) is 24.4 Å². The third-order valence-electron chi connectivity index (χ3n) is 3.49. The van der Waals surface area contributed by atoms with Crippen LogP contribution in [0.4, 0.5) is 0 Å². The van der Waals surface area contributed by atoms with Crippen LogP contribution < -0.4 is 0 Å². The molecule has 1 aliphatic heterocycles. The van der Waals surface area contributed by atoms with Crippen molar-refractivity contribution in [2.24, 2.45) is 0 Å². The van der Waals surface area contributed by atoms with Gasteiger partial charge in [-0.1, -0.05) is 13.0 Å². The van der Waals surface area contributed by atoms with E-state index >= 15 is 0 Å². The van der Waals surface area contributed by atoms with Gasteiger partial charge in [-0.05, 0) is 17.9 Å². The first kappa shape index (κ1) is 15.9. The maximum Gasteiger partial charge on any atom is 0.214 e. The molecule has 0 unspecified atom stereocenters. The van der Waals surface area contributed by atoms with Crippen molar-refractivity contribution in [1.29, 1.82) is 0 Å². The lowest BCUT2D eigenvalue weighted by molar-refractivity contribution is 0.0942. The summed E-state index contributed by atoms with van der Waals surface area (Å²) in [5, 5.41) is 12.1. The summed E-state index contributed by atoms with van der Waals surface area (Å²) in [5.41, 5.74) is 0. The molecule has 0 spiro atoms. The molecule has 1 aromatic heterocycles. The molecule has 114 valence electrons. The molecule has 1 atom stereocenters. The lowest BCUT2D eigenvalue weighted by atomic mass is 10.2. The predicted molar refractivity (Wildman–Crippen MR) is 81.4 cm³/mol. The molecule has 2 rings (SSSR count). The number of aliphatic hydroxyl groups excluding tert-OH is 1. The van der Waals surface area contributed by atoms with Gasteiger partial charge in [-0.2, -0.15) is 4.31 Å². The Morgan fingerprint density at radius 1 is 1.35 bits per heavy atom. The molecule has 2 heterocycles. The van der Waals surface area contributed by atoms with E-state index in [2.05, 4.69) is 4.90 Å². The Morgan fingerprint density at radius 2 is 2.05 bits per heavy atom. The molecule has 0 saturated carbocycles. The number of hydrogen-bond donors (Lipinski definition) is 1. The van der Waals surface area contributed by atoms with Gasteiger partial charge in [0.1, 0.15) is 6.10 Å². The molecule has 0 aliphatic carbocycles. The minimum Gasteiger partial charge on any atom is -0.386 e. The fourth-order valence-electron chi connectivity index (χ4n) is 2.39. The number of rotatable bonds is 6. The summed E-state index contributed by atoms with van der Waals surface area (Å²) in [5.74, 6) is 0.227. The molecule has 0 radical (unpaired) electrons. The molecule has 1 aromatic rings. The van der Waals surface area contributed by atoms with E-state index in [9.17, 15) is 13.5 Å². The van der Waals surface area contributed by atoms with Gasteiger partial charge in [-0.3, -0.25) is 4.90 Å². The Morgan fingerprint density at radius 3 is 2.60 bits per heavy atom. The van der Waals surface area contributed by atoms with E-state index in [1.54, 1.807) is 15.6 Å². The quantitative estimate of drug-likeness (QED) is 0.854. The van der Waals surface area contributed by atoms with Crippen LogP contribution in [0.2, 0.25) is 0 Å². The highest BCUT2D eigenvalue weighted by molar-refractivity contribution is 7.89. The van der Waals surface area contributed by atoms with Crippen LogP contribution in [0.5, 0.6) is 0 Å². The summed E-state index contributed by atoms with van der Waals surface area (Å²) in [6.07, 6.45) is 0.174. The van der Waals surface area contributed by atoms with Gasteiger partial charge in [-0.15, -0.1) is 11.3 Å². The number of β-amino-alcohol motifs (C(OH)–C–C–N with tert-alkyl or cyclic N) is 1. The third kappa shape index (κ3) is 4.02. The standard InChI is InChI=1S/C13H22N2O3S2/c1-2-10-20(17,18)15-7-5-14(6-8-15)11-12(16)13-4-3-9-19-13/h3-4,9,12,16H,2,5-8,10-11H2,1H3/t12-/m1/s1. The van der Waals surface area contributed by atoms with Crippen molar-refractivity contribution in [1.82, 2.24) is 9.21 Å². The summed E-state index contributed by atoms with van der Waals surface area (Å²) in [6, 6.07) is 3.86. The zero-order chi connectivity index (χ0) is 14.6. The molecule has 0 aromatic carbocycles. The second-order valence-corrected chi connectivity index (χ2v) is 8.11. The van der Waals surface area contributed by atoms with Crippen molar-refractivity contribution in [3.63, 3.8) is 0 Å². The van der Waals surface area contributed by atoms with Crippen LogP contribution in [0.25, 0.3) is 0 Å². The zero-order valence-electron chi connectivity index (χ0n) is 11.7. The minimum atomic E-state index is -3.08. The van der Waals surface area contributed by atoms with Gasteiger partial charge < -0.3 is 5.11 Å². The fraction of sp³-hybridized carbons (Fsp3) is 0.692. The summed E-state index contributed by atoms with van der Waals surface area (Å²) in [6.45, 7) is 4.88. The number of nitrogens with zero attached hydrogens (tertiary/aromatic N) is 2. The maximum absolute atomic E-state index is 12.0. The van der Waals surface area contributed by atoms with Crippen molar-refractivity contribution in [2.45, 2.75) is 19.4 Å². The Labute approximate surface area is 124 Å². The van der Waals surface area contributed by atoms with Crippen LogP contribution in [-0.4, -0.2) is 61.2 Å². The number of aliphatic hydroxyl groups is 1. The van der Waals surface area contributed by atoms with Crippen molar-refractivity contribution in [2.75, 3.05) is 38.5 Å². The molecule has 7 heteroatoms. The summed E-state index contributed by atoms with van der Waals surface area (Å²) in [4.78, 5) is 3.09. The highest BCUT2D eigenvalue weighted by atomic mass is 32.2. The van der Waals surface area contributed by atoms with Gasteiger partial charge in [0.2, 0.25) is 10.0 Å². The molecule has 20 heavy (non-hydrogen) atoms. The lowest BCUT2D eigenvalue weighted by Gasteiger charge is -2.34. The Hall–Kier alpha value is -0.470. The second-order valence-electron chi connectivity index (χ2n) is 5.05. The average Bonchev–Trinajstić information content (AvgIpc) is 2.93. The van der Waals surface area contributed by atoms with Gasteiger partial charge >= 0.3 is 0 Å². The largest absolute Gasteiger partial charge is 0.386 e. The Balaban J connectivity index is 1.83. The van der Waals surface area contributed by atoms with Crippen LogP contribution in [-0.2, 0) is 10.0 Å². The number of piperazine rings is 1. The number of sulfonamides is 1. The Bertz CT molecular complexity index is 494. The van der Waals surface area contributed by atoms with E-state index in [0.717, 1.165) is 4.88 Å². The van der Waals surface area contributed by atoms with Crippen molar-refractivity contribution in [3.05, 3.63) is 22.4 Å². The van der Waals surface area contributed by atoms with E-state index < -0.39 is 16.1 Å². The summed E-state index contributed by atoms with van der Waals surface area (Å²) < 4.78 is 25.5.